The van der Waals surface area contributed by atoms with E-state index in [4.69, 9.17) is 5.21 Å². The van der Waals surface area contributed by atoms with Crippen LogP contribution in [0.15, 0.2) is 27.8 Å². The first kappa shape index (κ1) is 10.1. The molecule has 0 saturated heterocycles. The molecule has 0 aliphatic carbocycles. The minimum absolute atomic E-state index is 0.861. The molecule has 0 radical (unpaired) electrons. The molecule has 70 valence electrons. The molecule has 1 N–H and O–H groups in total. The number of nitrogens with zero attached hydrogens (tertiary/aromatic N) is 2. The van der Waals surface area contributed by atoms with Gasteiger partial charge in [0.15, 0.2) is 0 Å². The average molecular weight is 243 g/mol. The van der Waals surface area contributed by atoms with Gasteiger partial charge in [0, 0.05) is 18.6 Å². The van der Waals surface area contributed by atoms with Crippen molar-refractivity contribution in [1.29, 1.82) is 0 Å². The van der Waals surface area contributed by atoms with Crippen LogP contribution in [-0.2, 0) is 0 Å². The predicted octanol–water partition coefficient (Wildman–Crippen LogP) is 2.32. The number of halogens is 1. The van der Waals surface area contributed by atoms with E-state index in [9.17, 15) is 0 Å². The van der Waals surface area contributed by atoms with Crippen molar-refractivity contribution in [3.8, 4) is 0 Å². The summed E-state index contributed by atoms with van der Waals surface area (Å²) in [6, 6.07) is 5.75. The maximum absolute atomic E-state index is 8.33. The summed E-state index contributed by atoms with van der Waals surface area (Å²) in [5.41, 5.74) is 1.95. The van der Waals surface area contributed by atoms with Crippen molar-refractivity contribution in [1.82, 2.24) is 0 Å². The first-order valence-corrected chi connectivity index (χ1v) is 4.58. The standard InChI is InChI=1S/C9H11BrN2O/c1-12(2)9-4-3-7(6-11-13)5-8(9)10/h3-6,13H,1-2H3/b11-6+. The molecule has 0 bridgehead atoms. The number of hydrogen-bond donors (Lipinski definition) is 1. The van der Waals surface area contributed by atoms with Gasteiger partial charge in [0.05, 0.1) is 11.9 Å². The molecule has 0 atom stereocenters. The topological polar surface area (TPSA) is 35.8 Å². The average Bonchev–Trinajstić information content (AvgIpc) is 2.04. The summed E-state index contributed by atoms with van der Waals surface area (Å²) in [5, 5.41) is 11.3. The third-order valence-electron chi connectivity index (χ3n) is 1.66. The fraction of sp³-hybridized carbons (Fsp3) is 0.222. The fourth-order valence-corrected chi connectivity index (χ4v) is 1.78. The Kier molecular flexibility index (Phi) is 3.31. The van der Waals surface area contributed by atoms with Crippen molar-refractivity contribution >= 4 is 27.8 Å². The Balaban J connectivity index is 3.05. The summed E-state index contributed by atoms with van der Waals surface area (Å²) in [4.78, 5) is 2.00. The second-order valence-corrected chi connectivity index (χ2v) is 3.70. The zero-order chi connectivity index (χ0) is 9.84. The molecule has 0 fully saturated rings. The molecule has 1 rings (SSSR count). The first-order chi connectivity index (χ1) is 6.15. The molecule has 0 aliphatic rings. The van der Waals surface area contributed by atoms with Crippen molar-refractivity contribution in [3.05, 3.63) is 28.2 Å². The quantitative estimate of drug-likeness (QED) is 0.491. The Hall–Kier alpha value is -1.03. The maximum Gasteiger partial charge on any atom is 0.0734 e. The zero-order valence-corrected chi connectivity index (χ0v) is 9.12. The van der Waals surface area contributed by atoms with E-state index >= 15 is 0 Å². The molecule has 4 heteroatoms. The highest BCUT2D eigenvalue weighted by Gasteiger charge is 2.01. The van der Waals surface area contributed by atoms with Gasteiger partial charge in [0.2, 0.25) is 0 Å². The third kappa shape index (κ3) is 2.45. The smallest absolute Gasteiger partial charge is 0.0734 e. The zero-order valence-electron chi connectivity index (χ0n) is 7.53. The van der Waals surface area contributed by atoms with Crippen molar-refractivity contribution in [2.45, 2.75) is 0 Å². The molecule has 13 heavy (non-hydrogen) atoms. The van der Waals surface area contributed by atoms with Gasteiger partial charge in [0.25, 0.3) is 0 Å². The Morgan fingerprint density at radius 2 is 2.15 bits per heavy atom. The van der Waals surface area contributed by atoms with E-state index < -0.39 is 0 Å². The monoisotopic (exact) mass is 242 g/mol. The molecule has 0 spiro atoms. The highest BCUT2D eigenvalue weighted by Crippen LogP contribution is 2.24. The van der Waals surface area contributed by atoms with Crippen LogP contribution in [0.4, 0.5) is 5.69 Å². The number of anilines is 1. The van der Waals surface area contributed by atoms with Crippen LogP contribution in [0, 0.1) is 0 Å². The van der Waals surface area contributed by atoms with E-state index in [-0.39, 0.29) is 0 Å². The Morgan fingerprint density at radius 1 is 1.46 bits per heavy atom. The molecule has 1 aromatic rings. The highest BCUT2D eigenvalue weighted by atomic mass is 79.9. The molecule has 0 heterocycles. The lowest BCUT2D eigenvalue weighted by Crippen LogP contribution is -2.09. The molecule has 0 unspecified atom stereocenters. The lowest BCUT2D eigenvalue weighted by molar-refractivity contribution is 0.322. The van der Waals surface area contributed by atoms with Gasteiger partial charge < -0.3 is 10.1 Å². The van der Waals surface area contributed by atoms with E-state index in [0.717, 1.165) is 15.7 Å². The molecular formula is C9H11BrN2O. The van der Waals surface area contributed by atoms with E-state index in [0.29, 0.717) is 0 Å². The predicted molar refractivity (Wildman–Crippen MR) is 57.8 cm³/mol. The molecule has 3 nitrogen and oxygen atoms in total. The van der Waals surface area contributed by atoms with Crippen molar-refractivity contribution in [2.24, 2.45) is 5.16 Å². The lowest BCUT2D eigenvalue weighted by atomic mass is 10.2. The van der Waals surface area contributed by atoms with Gasteiger partial charge in [-0.05, 0) is 33.6 Å². The minimum Gasteiger partial charge on any atom is -0.411 e. The molecule has 1 aromatic carbocycles. The number of oxime groups is 1. The van der Waals surface area contributed by atoms with Crippen LogP contribution >= 0.6 is 15.9 Å². The second-order valence-electron chi connectivity index (χ2n) is 2.85. The van der Waals surface area contributed by atoms with E-state index in [2.05, 4.69) is 21.1 Å². The van der Waals surface area contributed by atoms with E-state index in [1.807, 2.05) is 37.2 Å². The van der Waals surface area contributed by atoms with Crippen LogP contribution < -0.4 is 4.90 Å². The summed E-state index contributed by atoms with van der Waals surface area (Å²) in [6.07, 6.45) is 1.39. The number of hydrogen-bond acceptors (Lipinski definition) is 3. The van der Waals surface area contributed by atoms with Gasteiger partial charge in [0.1, 0.15) is 0 Å². The molecule has 0 amide bonds. The summed E-state index contributed by atoms with van der Waals surface area (Å²) in [6.45, 7) is 0. The van der Waals surface area contributed by atoms with Gasteiger partial charge in [-0.2, -0.15) is 0 Å². The van der Waals surface area contributed by atoms with Gasteiger partial charge in [-0.25, -0.2) is 0 Å². The van der Waals surface area contributed by atoms with E-state index in [1.54, 1.807) is 0 Å². The first-order valence-electron chi connectivity index (χ1n) is 3.79. The van der Waals surface area contributed by atoms with Gasteiger partial charge in [-0.1, -0.05) is 11.2 Å². The summed E-state index contributed by atoms with van der Waals surface area (Å²) >= 11 is 3.43. The SMILES string of the molecule is CN(C)c1ccc(/C=N/O)cc1Br. The van der Waals surface area contributed by atoms with Crippen LogP contribution in [0.5, 0.6) is 0 Å². The molecule has 0 saturated carbocycles. The summed E-state index contributed by atoms with van der Waals surface area (Å²) < 4.78 is 0.981. The minimum atomic E-state index is 0.861. The number of benzene rings is 1. The second kappa shape index (κ2) is 4.28. The van der Waals surface area contributed by atoms with Crippen molar-refractivity contribution < 1.29 is 5.21 Å². The largest absolute Gasteiger partial charge is 0.411 e. The van der Waals surface area contributed by atoms with Gasteiger partial charge in [-0.3, -0.25) is 0 Å². The molecule has 0 aliphatic heterocycles. The summed E-state index contributed by atoms with van der Waals surface area (Å²) in [7, 11) is 3.94. The molecular weight excluding hydrogens is 232 g/mol. The van der Waals surface area contributed by atoms with Crippen LogP contribution in [-0.4, -0.2) is 25.5 Å². The van der Waals surface area contributed by atoms with Crippen LogP contribution in [0.1, 0.15) is 5.56 Å². The van der Waals surface area contributed by atoms with Crippen LogP contribution in [0.3, 0.4) is 0 Å². The Bertz CT molecular complexity index is 323. The highest BCUT2D eigenvalue weighted by molar-refractivity contribution is 9.10. The lowest BCUT2D eigenvalue weighted by Gasteiger charge is -2.14. The van der Waals surface area contributed by atoms with Crippen molar-refractivity contribution in [2.75, 3.05) is 19.0 Å². The van der Waals surface area contributed by atoms with Crippen molar-refractivity contribution in [3.63, 3.8) is 0 Å². The fourth-order valence-electron chi connectivity index (χ4n) is 1.03. The Labute approximate surface area is 85.8 Å². The van der Waals surface area contributed by atoms with Crippen LogP contribution in [0.2, 0.25) is 0 Å². The number of rotatable bonds is 2. The van der Waals surface area contributed by atoms with Gasteiger partial charge in [-0.15, -0.1) is 0 Å². The normalized spacial score (nSPS) is 10.7. The van der Waals surface area contributed by atoms with Gasteiger partial charge >= 0.3 is 0 Å². The van der Waals surface area contributed by atoms with E-state index in [1.165, 1.54) is 6.21 Å². The summed E-state index contributed by atoms with van der Waals surface area (Å²) in [5.74, 6) is 0. The Morgan fingerprint density at radius 3 is 2.62 bits per heavy atom. The third-order valence-corrected chi connectivity index (χ3v) is 2.30. The maximum atomic E-state index is 8.33. The molecule has 0 aromatic heterocycles. The van der Waals surface area contributed by atoms with Crippen LogP contribution in [0.25, 0.3) is 0 Å².